The highest BCUT2D eigenvalue weighted by molar-refractivity contribution is 5.76. The van der Waals surface area contributed by atoms with Crippen LogP contribution >= 0.6 is 0 Å². The van der Waals surface area contributed by atoms with Crippen molar-refractivity contribution in [1.29, 1.82) is 0 Å². The van der Waals surface area contributed by atoms with E-state index >= 15 is 0 Å². The molecule has 7 nitrogen and oxygen atoms in total. The van der Waals surface area contributed by atoms with Crippen molar-refractivity contribution >= 4 is 5.91 Å². The van der Waals surface area contributed by atoms with E-state index in [1.165, 1.54) is 0 Å². The molecule has 0 saturated heterocycles. The lowest BCUT2D eigenvalue weighted by Gasteiger charge is -2.24. The normalized spacial score (nSPS) is 15.8. The number of aryl methyl sites for hydroxylation is 1. The predicted molar refractivity (Wildman–Crippen MR) is 110 cm³/mol. The van der Waals surface area contributed by atoms with Crippen LogP contribution in [0.4, 0.5) is 0 Å². The molecule has 1 amide bonds. The Morgan fingerprint density at radius 3 is 2.66 bits per heavy atom. The van der Waals surface area contributed by atoms with Gasteiger partial charge in [0.05, 0.1) is 30.7 Å². The van der Waals surface area contributed by atoms with E-state index in [0.29, 0.717) is 0 Å². The van der Waals surface area contributed by atoms with Crippen LogP contribution < -0.4 is 10.1 Å². The number of hydrogen-bond donors (Lipinski definition) is 1. The molecule has 0 unspecified atom stereocenters. The van der Waals surface area contributed by atoms with E-state index in [2.05, 4.69) is 15.5 Å². The van der Waals surface area contributed by atoms with Gasteiger partial charge >= 0.3 is 0 Å². The maximum Gasteiger partial charge on any atom is 0.242 e. The third kappa shape index (κ3) is 3.64. The van der Waals surface area contributed by atoms with E-state index in [9.17, 15) is 4.79 Å². The summed E-state index contributed by atoms with van der Waals surface area (Å²) >= 11 is 0. The number of methoxy groups -OCH3 is 1. The number of amides is 1. The first-order valence-corrected chi connectivity index (χ1v) is 9.99. The molecule has 1 atom stereocenters. The molecule has 1 aromatic carbocycles. The first-order chi connectivity index (χ1) is 14.0. The third-order valence-corrected chi connectivity index (χ3v) is 5.87. The molecule has 29 heavy (non-hydrogen) atoms. The van der Waals surface area contributed by atoms with Gasteiger partial charge in [0.2, 0.25) is 5.91 Å². The number of aromatic nitrogens is 4. The molecule has 2 aromatic heterocycles. The predicted octanol–water partition coefficient (Wildman–Crippen LogP) is 3.20. The van der Waals surface area contributed by atoms with Crippen molar-refractivity contribution in [2.45, 2.75) is 52.6 Å². The number of carbonyl (C=O) groups excluding carboxylic acids is 1. The van der Waals surface area contributed by atoms with Gasteiger partial charge in [0.1, 0.15) is 12.3 Å². The Hall–Kier alpha value is -3.09. The van der Waals surface area contributed by atoms with Crippen LogP contribution in [0.1, 0.15) is 47.1 Å². The first kappa shape index (κ1) is 19.2. The molecule has 1 N–H and O–H groups in total. The molecule has 3 aromatic rings. The van der Waals surface area contributed by atoms with Gasteiger partial charge in [-0.05, 0) is 69.9 Å². The summed E-state index contributed by atoms with van der Waals surface area (Å²) in [5.74, 6) is 0.796. The zero-order valence-electron chi connectivity index (χ0n) is 17.4. The number of benzene rings is 1. The van der Waals surface area contributed by atoms with Crippen molar-refractivity contribution < 1.29 is 9.53 Å². The zero-order chi connectivity index (χ0) is 20.5. The molecule has 2 heterocycles. The quantitative estimate of drug-likeness (QED) is 0.722. The molecular weight excluding hydrogens is 366 g/mol. The number of hydrogen-bond acceptors (Lipinski definition) is 4. The molecule has 0 bridgehead atoms. The highest BCUT2D eigenvalue weighted by Gasteiger charge is 2.26. The van der Waals surface area contributed by atoms with E-state index in [1.54, 1.807) is 11.8 Å². The lowest BCUT2D eigenvalue weighted by atomic mass is 9.93. The molecule has 0 aliphatic heterocycles. The Morgan fingerprint density at radius 1 is 1.24 bits per heavy atom. The highest BCUT2D eigenvalue weighted by Crippen LogP contribution is 2.31. The van der Waals surface area contributed by atoms with Crippen molar-refractivity contribution in [2.24, 2.45) is 0 Å². The topological polar surface area (TPSA) is 74.0 Å². The monoisotopic (exact) mass is 393 g/mol. The Morgan fingerprint density at radius 2 is 2.00 bits per heavy atom. The third-order valence-electron chi connectivity index (χ3n) is 5.87. The molecule has 1 aliphatic carbocycles. The van der Waals surface area contributed by atoms with Crippen LogP contribution in [0, 0.1) is 20.8 Å². The average molecular weight is 393 g/mol. The van der Waals surface area contributed by atoms with Crippen LogP contribution in [0.2, 0.25) is 0 Å². The summed E-state index contributed by atoms with van der Waals surface area (Å²) in [7, 11) is 1.66. The van der Waals surface area contributed by atoms with Crippen LogP contribution in [0.3, 0.4) is 0 Å². The number of nitrogens with one attached hydrogen (secondary N) is 1. The molecule has 7 heteroatoms. The standard InChI is InChI=1S/C22H27N5O2/c1-14-15(2)25-26(16(14)3)13-22(28)24-20-6-5-7-21-19(20)12-23-27(21)17-8-10-18(29-4)11-9-17/h8-12,20H,5-7,13H2,1-4H3,(H,24,28)/t20-/m1/s1. The van der Waals surface area contributed by atoms with Crippen molar-refractivity contribution in [3.63, 3.8) is 0 Å². The number of ether oxygens (including phenoxy) is 1. The molecule has 0 radical (unpaired) electrons. The van der Waals surface area contributed by atoms with Crippen LogP contribution in [-0.2, 0) is 17.8 Å². The van der Waals surface area contributed by atoms with Gasteiger partial charge in [0.25, 0.3) is 0 Å². The average Bonchev–Trinajstić information content (AvgIpc) is 3.26. The number of rotatable bonds is 5. The van der Waals surface area contributed by atoms with Crippen molar-refractivity contribution in [1.82, 2.24) is 24.9 Å². The fraction of sp³-hybridized carbons (Fsp3) is 0.409. The minimum absolute atomic E-state index is 0.0173. The zero-order valence-corrected chi connectivity index (χ0v) is 17.4. The Kier molecular flexibility index (Phi) is 5.13. The molecule has 1 aliphatic rings. The lowest BCUT2D eigenvalue weighted by Crippen LogP contribution is -2.34. The highest BCUT2D eigenvalue weighted by atomic mass is 16.5. The number of nitrogens with zero attached hydrogens (tertiary/aromatic N) is 4. The van der Waals surface area contributed by atoms with Gasteiger partial charge in [0.15, 0.2) is 0 Å². The van der Waals surface area contributed by atoms with Crippen molar-refractivity contribution in [3.8, 4) is 11.4 Å². The van der Waals surface area contributed by atoms with E-state index in [0.717, 1.165) is 58.9 Å². The second-order valence-corrected chi connectivity index (χ2v) is 7.62. The van der Waals surface area contributed by atoms with Crippen molar-refractivity contribution in [3.05, 3.63) is 58.7 Å². The van der Waals surface area contributed by atoms with Crippen LogP contribution in [0.15, 0.2) is 30.5 Å². The second-order valence-electron chi connectivity index (χ2n) is 7.62. The van der Waals surface area contributed by atoms with E-state index < -0.39 is 0 Å². The summed E-state index contributed by atoms with van der Waals surface area (Å²) in [5.41, 5.74) is 6.40. The smallest absolute Gasteiger partial charge is 0.242 e. The van der Waals surface area contributed by atoms with Gasteiger partial charge < -0.3 is 10.1 Å². The second kappa shape index (κ2) is 7.73. The molecule has 152 valence electrons. The van der Waals surface area contributed by atoms with Gasteiger partial charge in [-0.2, -0.15) is 10.2 Å². The van der Waals surface area contributed by atoms with Gasteiger partial charge in [-0.25, -0.2) is 4.68 Å². The minimum Gasteiger partial charge on any atom is -0.497 e. The van der Waals surface area contributed by atoms with Gasteiger partial charge in [-0.1, -0.05) is 0 Å². The summed E-state index contributed by atoms with van der Waals surface area (Å²) in [6.07, 6.45) is 4.77. The maximum absolute atomic E-state index is 12.7. The summed E-state index contributed by atoms with van der Waals surface area (Å²) in [4.78, 5) is 12.7. The molecule has 0 saturated carbocycles. The van der Waals surface area contributed by atoms with Gasteiger partial charge in [0, 0.05) is 17.0 Å². The molecule has 0 spiro atoms. The number of fused-ring (bicyclic) bond motifs is 1. The maximum atomic E-state index is 12.7. The fourth-order valence-electron chi connectivity index (χ4n) is 3.97. The van der Waals surface area contributed by atoms with Gasteiger partial charge in [-0.15, -0.1) is 0 Å². The summed E-state index contributed by atoms with van der Waals surface area (Å²) in [5, 5.41) is 12.3. The van der Waals surface area contributed by atoms with Gasteiger partial charge in [-0.3, -0.25) is 9.48 Å². The van der Waals surface area contributed by atoms with Crippen LogP contribution in [0.5, 0.6) is 5.75 Å². The van der Waals surface area contributed by atoms with Crippen LogP contribution in [0.25, 0.3) is 5.69 Å². The largest absolute Gasteiger partial charge is 0.497 e. The first-order valence-electron chi connectivity index (χ1n) is 9.99. The summed E-state index contributed by atoms with van der Waals surface area (Å²) < 4.78 is 8.99. The SMILES string of the molecule is COc1ccc(-n2ncc3c2CCC[C@H]3NC(=O)Cn2nc(C)c(C)c2C)cc1. The van der Waals surface area contributed by atoms with E-state index in [1.807, 2.05) is 55.9 Å². The molecular formula is C22H27N5O2. The Labute approximate surface area is 170 Å². The Balaban J connectivity index is 1.52. The lowest BCUT2D eigenvalue weighted by molar-refractivity contribution is -0.122. The molecule has 4 rings (SSSR count). The van der Waals surface area contributed by atoms with Crippen LogP contribution in [-0.4, -0.2) is 32.6 Å². The van der Waals surface area contributed by atoms with E-state index in [-0.39, 0.29) is 18.5 Å². The minimum atomic E-state index is -0.0225. The van der Waals surface area contributed by atoms with E-state index in [4.69, 9.17) is 4.74 Å². The molecule has 0 fully saturated rings. The summed E-state index contributed by atoms with van der Waals surface area (Å²) in [6, 6.07) is 7.85. The summed E-state index contributed by atoms with van der Waals surface area (Å²) in [6.45, 7) is 6.24. The fourth-order valence-corrected chi connectivity index (χ4v) is 3.97. The number of carbonyl (C=O) groups is 1. The Bertz CT molecular complexity index is 1030. The van der Waals surface area contributed by atoms with Crippen molar-refractivity contribution in [2.75, 3.05) is 7.11 Å².